The first-order chi connectivity index (χ1) is 6.70. The molecule has 0 spiro atoms. The molecule has 4 heteroatoms. The van der Waals surface area contributed by atoms with Crippen LogP contribution in [0.5, 0.6) is 0 Å². The molecule has 1 atom stereocenters. The Kier molecular flexibility index (Phi) is 4.07. The van der Waals surface area contributed by atoms with Crippen molar-refractivity contribution in [2.24, 2.45) is 0 Å². The summed E-state index contributed by atoms with van der Waals surface area (Å²) >= 11 is 0. The van der Waals surface area contributed by atoms with Crippen molar-refractivity contribution in [3.05, 3.63) is 35.9 Å². The molecule has 76 valence electrons. The molecular formula is C10H12FNO2. The summed E-state index contributed by atoms with van der Waals surface area (Å²) in [6.07, 6.45) is -1.16. The Morgan fingerprint density at radius 3 is 2.64 bits per heavy atom. The van der Waals surface area contributed by atoms with Gasteiger partial charge in [0.2, 0.25) is 0 Å². The third-order valence-corrected chi connectivity index (χ3v) is 1.76. The summed E-state index contributed by atoms with van der Waals surface area (Å²) in [7, 11) is 0. The number of carboxylic acids is 1. The van der Waals surface area contributed by atoms with Gasteiger partial charge in [-0.2, -0.15) is 0 Å². The van der Waals surface area contributed by atoms with Crippen LogP contribution in [0.4, 0.5) is 4.39 Å². The maximum Gasteiger partial charge on any atom is 0.317 e. The van der Waals surface area contributed by atoms with E-state index in [-0.39, 0.29) is 13.1 Å². The molecule has 0 radical (unpaired) electrons. The highest BCUT2D eigenvalue weighted by Gasteiger charge is 2.08. The molecule has 0 aromatic heterocycles. The van der Waals surface area contributed by atoms with Gasteiger partial charge in [0.1, 0.15) is 6.17 Å². The van der Waals surface area contributed by atoms with Gasteiger partial charge in [-0.3, -0.25) is 4.79 Å². The number of aliphatic carboxylic acids is 1. The van der Waals surface area contributed by atoms with Gasteiger partial charge in [-0.05, 0) is 5.56 Å². The minimum atomic E-state index is -1.16. The average Bonchev–Trinajstić information content (AvgIpc) is 2.18. The summed E-state index contributed by atoms with van der Waals surface area (Å²) in [4.78, 5) is 10.1. The molecule has 1 rings (SSSR count). The van der Waals surface area contributed by atoms with Gasteiger partial charge in [0, 0.05) is 6.54 Å². The fraction of sp³-hybridized carbons (Fsp3) is 0.300. The minimum Gasteiger partial charge on any atom is -0.480 e. The molecule has 0 bridgehead atoms. The zero-order valence-electron chi connectivity index (χ0n) is 7.61. The van der Waals surface area contributed by atoms with Crippen LogP contribution in [0.2, 0.25) is 0 Å². The van der Waals surface area contributed by atoms with E-state index < -0.39 is 12.1 Å². The van der Waals surface area contributed by atoms with Gasteiger partial charge in [-0.1, -0.05) is 30.3 Å². The standard InChI is InChI=1S/C10H12FNO2/c11-9(6-12-7-10(13)14)8-4-2-1-3-5-8/h1-5,9,12H,6-7H2,(H,13,14)/t9-/m1/s1. The Hall–Kier alpha value is -1.42. The molecule has 0 aliphatic rings. The SMILES string of the molecule is O=C(O)CNC[C@@H](F)c1ccccc1. The third kappa shape index (κ3) is 3.53. The Morgan fingerprint density at radius 2 is 2.07 bits per heavy atom. The molecule has 14 heavy (non-hydrogen) atoms. The van der Waals surface area contributed by atoms with Crippen LogP contribution < -0.4 is 5.32 Å². The first-order valence-electron chi connectivity index (χ1n) is 4.31. The number of hydrogen-bond donors (Lipinski definition) is 2. The fourth-order valence-corrected chi connectivity index (χ4v) is 1.09. The Labute approximate surface area is 81.6 Å². The van der Waals surface area contributed by atoms with Gasteiger partial charge in [0.15, 0.2) is 0 Å². The van der Waals surface area contributed by atoms with Gasteiger partial charge in [0.05, 0.1) is 6.54 Å². The van der Waals surface area contributed by atoms with Crippen LogP contribution >= 0.6 is 0 Å². The summed E-state index contributed by atoms with van der Waals surface area (Å²) in [5.41, 5.74) is 0.561. The number of halogens is 1. The quantitative estimate of drug-likeness (QED) is 0.749. The molecular weight excluding hydrogens is 185 g/mol. The Balaban J connectivity index is 2.36. The molecule has 0 amide bonds. The summed E-state index contributed by atoms with van der Waals surface area (Å²) in [5.74, 6) is -0.981. The summed E-state index contributed by atoms with van der Waals surface area (Å²) in [5, 5.41) is 10.8. The molecule has 1 aromatic rings. The predicted molar refractivity (Wildman–Crippen MR) is 50.8 cm³/mol. The smallest absolute Gasteiger partial charge is 0.317 e. The minimum absolute atomic E-state index is 0.0241. The van der Waals surface area contributed by atoms with Crippen LogP contribution in [0.25, 0.3) is 0 Å². The fourth-order valence-electron chi connectivity index (χ4n) is 1.09. The van der Waals surface area contributed by atoms with E-state index in [1.54, 1.807) is 30.3 Å². The molecule has 0 heterocycles. The molecule has 2 N–H and O–H groups in total. The highest BCUT2D eigenvalue weighted by atomic mass is 19.1. The lowest BCUT2D eigenvalue weighted by atomic mass is 10.1. The van der Waals surface area contributed by atoms with Gasteiger partial charge in [0.25, 0.3) is 0 Å². The molecule has 0 fully saturated rings. The van der Waals surface area contributed by atoms with Crippen LogP contribution in [0.15, 0.2) is 30.3 Å². The summed E-state index contributed by atoms with van der Waals surface area (Å²) in [6, 6.07) is 8.65. The van der Waals surface area contributed by atoms with E-state index >= 15 is 0 Å². The summed E-state index contributed by atoms with van der Waals surface area (Å²) in [6.45, 7) is -0.191. The van der Waals surface area contributed by atoms with Crippen LogP contribution in [-0.2, 0) is 4.79 Å². The van der Waals surface area contributed by atoms with Crippen molar-refractivity contribution >= 4 is 5.97 Å². The second kappa shape index (κ2) is 5.34. The maximum atomic E-state index is 13.3. The average molecular weight is 197 g/mol. The van der Waals surface area contributed by atoms with E-state index in [9.17, 15) is 9.18 Å². The normalized spacial score (nSPS) is 12.4. The van der Waals surface area contributed by atoms with Crippen LogP contribution in [-0.4, -0.2) is 24.2 Å². The highest BCUT2D eigenvalue weighted by Crippen LogP contribution is 2.14. The van der Waals surface area contributed by atoms with Gasteiger partial charge < -0.3 is 10.4 Å². The zero-order chi connectivity index (χ0) is 10.4. The highest BCUT2D eigenvalue weighted by molar-refractivity contribution is 5.68. The second-order valence-corrected chi connectivity index (χ2v) is 2.90. The van der Waals surface area contributed by atoms with Crippen molar-refractivity contribution in [1.82, 2.24) is 5.32 Å². The van der Waals surface area contributed by atoms with E-state index in [4.69, 9.17) is 5.11 Å². The second-order valence-electron chi connectivity index (χ2n) is 2.90. The van der Waals surface area contributed by atoms with E-state index in [1.807, 2.05) is 0 Å². The molecule has 1 aromatic carbocycles. The van der Waals surface area contributed by atoms with Gasteiger partial charge >= 0.3 is 5.97 Å². The number of carbonyl (C=O) groups is 1. The van der Waals surface area contributed by atoms with Gasteiger partial charge in [-0.15, -0.1) is 0 Å². The molecule has 0 unspecified atom stereocenters. The van der Waals surface area contributed by atoms with Crippen molar-refractivity contribution in [3.8, 4) is 0 Å². The van der Waals surface area contributed by atoms with Gasteiger partial charge in [-0.25, -0.2) is 4.39 Å². The van der Waals surface area contributed by atoms with Crippen LogP contribution in [0, 0.1) is 0 Å². The molecule has 3 nitrogen and oxygen atoms in total. The first kappa shape index (κ1) is 10.7. The number of benzene rings is 1. The van der Waals surface area contributed by atoms with Crippen molar-refractivity contribution < 1.29 is 14.3 Å². The lowest BCUT2D eigenvalue weighted by Crippen LogP contribution is -2.25. The number of alkyl halides is 1. The third-order valence-electron chi connectivity index (χ3n) is 1.76. The Bertz CT molecular complexity index is 289. The molecule has 0 saturated carbocycles. The Morgan fingerprint density at radius 1 is 1.43 bits per heavy atom. The van der Waals surface area contributed by atoms with Crippen molar-refractivity contribution in [2.45, 2.75) is 6.17 Å². The van der Waals surface area contributed by atoms with E-state index in [0.29, 0.717) is 5.56 Å². The maximum absolute atomic E-state index is 13.3. The lowest BCUT2D eigenvalue weighted by molar-refractivity contribution is -0.136. The number of carboxylic acid groups (broad SMARTS) is 1. The topological polar surface area (TPSA) is 49.3 Å². The van der Waals surface area contributed by atoms with E-state index in [1.165, 1.54) is 0 Å². The largest absolute Gasteiger partial charge is 0.480 e. The zero-order valence-corrected chi connectivity index (χ0v) is 7.61. The van der Waals surface area contributed by atoms with Crippen molar-refractivity contribution in [3.63, 3.8) is 0 Å². The van der Waals surface area contributed by atoms with E-state index in [0.717, 1.165) is 0 Å². The monoisotopic (exact) mass is 197 g/mol. The summed E-state index contributed by atoms with van der Waals surface area (Å²) < 4.78 is 13.3. The number of hydrogen-bond acceptors (Lipinski definition) is 2. The van der Waals surface area contributed by atoms with Crippen molar-refractivity contribution in [1.29, 1.82) is 0 Å². The van der Waals surface area contributed by atoms with Crippen molar-refractivity contribution in [2.75, 3.05) is 13.1 Å². The predicted octanol–water partition coefficient (Wildman–Crippen LogP) is 1.37. The van der Waals surface area contributed by atoms with E-state index in [2.05, 4.69) is 5.32 Å². The molecule has 0 aliphatic heterocycles. The molecule has 0 saturated heterocycles. The number of nitrogens with one attached hydrogen (secondary N) is 1. The number of rotatable bonds is 5. The van der Waals surface area contributed by atoms with Crippen LogP contribution in [0.3, 0.4) is 0 Å². The lowest BCUT2D eigenvalue weighted by Gasteiger charge is -2.08. The molecule has 0 aliphatic carbocycles. The first-order valence-corrected chi connectivity index (χ1v) is 4.31. The van der Waals surface area contributed by atoms with Crippen LogP contribution in [0.1, 0.15) is 11.7 Å².